The Balaban J connectivity index is 2.10. The number of rotatable bonds is 9. The van der Waals surface area contributed by atoms with Crippen LogP contribution in [0.3, 0.4) is 0 Å². The van der Waals surface area contributed by atoms with Gasteiger partial charge in [0.25, 0.3) is 5.91 Å². The van der Waals surface area contributed by atoms with E-state index in [1.54, 1.807) is 6.92 Å². The lowest BCUT2D eigenvalue weighted by Gasteiger charge is -2.46. The number of benzene rings is 2. The van der Waals surface area contributed by atoms with Crippen LogP contribution in [0.2, 0.25) is 0 Å². The van der Waals surface area contributed by atoms with Gasteiger partial charge in [-0.1, -0.05) is 12.1 Å². The van der Waals surface area contributed by atoms with Crippen LogP contribution in [0.15, 0.2) is 48.5 Å². The first-order valence-electron chi connectivity index (χ1n) is 11.5. The number of nitrogens with zero attached hydrogens (tertiary/aromatic N) is 1. The summed E-state index contributed by atoms with van der Waals surface area (Å²) in [4.78, 5) is 13.0. The summed E-state index contributed by atoms with van der Waals surface area (Å²) in [6, 6.07) is 7.68. The molecule has 0 spiro atoms. The number of carbonyl (C=O) groups excluding carboxylic acids is 1. The summed E-state index contributed by atoms with van der Waals surface area (Å²) in [5, 5.41) is 0. The second-order valence-corrected chi connectivity index (χ2v) is 10.6. The summed E-state index contributed by atoms with van der Waals surface area (Å²) in [7, 11) is -4.90. The molecule has 0 saturated carbocycles. The molecule has 0 aliphatic carbocycles. The minimum Gasteiger partial charge on any atom is -0.494 e. The highest BCUT2D eigenvalue weighted by molar-refractivity contribution is 7.89. The van der Waals surface area contributed by atoms with Gasteiger partial charge in [-0.05, 0) is 48.7 Å². The lowest BCUT2D eigenvalue weighted by Crippen LogP contribution is -2.61. The van der Waals surface area contributed by atoms with E-state index in [2.05, 4.69) is 0 Å². The van der Waals surface area contributed by atoms with E-state index in [9.17, 15) is 39.6 Å². The van der Waals surface area contributed by atoms with Crippen molar-refractivity contribution in [2.24, 2.45) is 0 Å². The molecule has 0 saturated heterocycles. The van der Waals surface area contributed by atoms with Gasteiger partial charge in [-0.3, -0.25) is 4.79 Å². The molecule has 0 aromatic heterocycles. The second-order valence-electron chi connectivity index (χ2n) is 8.74. The summed E-state index contributed by atoms with van der Waals surface area (Å²) < 4.78 is 132. The third-order valence-electron chi connectivity index (χ3n) is 5.89. The fraction of sp³-hybridized carbons (Fsp3) is 0.400. The van der Waals surface area contributed by atoms with Crippen molar-refractivity contribution < 1.29 is 53.4 Å². The van der Waals surface area contributed by atoms with Crippen molar-refractivity contribution in [3.63, 3.8) is 0 Å². The maximum absolute atomic E-state index is 15.3. The van der Waals surface area contributed by atoms with Crippen molar-refractivity contribution in [1.82, 2.24) is 4.31 Å². The maximum atomic E-state index is 15.3. The van der Waals surface area contributed by atoms with Crippen LogP contribution in [0.4, 0.5) is 30.7 Å². The van der Waals surface area contributed by atoms with Crippen molar-refractivity contribution >= 4 is 21.5 Å². The van der Waals surface area contributed by atoms with Gasteiger partial charge in [0.1, 0.15) is 17.3 Å². The van der Waals surface area contributed by atoms with Gasteiger partial charge < -0.3 is 9.47 Å². The first-order chi connectivity index (χ1) is 18.0. The number of carbonyl (C=O) groups is 1. The van der Waals surface area contributed by atoms with E-state index in [1.165, 1.54) is 24.3 Å². The van der Waals surface area contributed by atoms with Crippen LogP contribution in [0, 0.1) is 5.82 Å². The van der Waals surface area contributed by atoms with Gasteiger partial charge in [0.15, 0.2) is 5.54 Å². The standard InChI is InChI=1S/C25H24F7NO5S/c1-3-37-18-7-5-16(6-8-18)17-13-22(34)33(39(2,35)36)23(15-17,25(30,31)32)20-10-9-19(14-21(20)26)38-12-4-11-24(27,28)29/h5-10,13-14H,3-4,11-12,15H2,1-2H3. The average molecular weight is 584 g/mol. The highest BCUT2D eigenvalue weighted by Crippen LogP contribution is 2.53. The van der Waals surface area contributed by atoms with Gasteiger partial charge in [-0.25, -0.2) is 17.1 Å². The van der Waals surface area contributed by atoms with Crippen LogP contribution in [0.5, 0.6) is 11.5 Å². The van der Waals surface area contributed by atoms with Gasteiger partial charge in [-0.15, -0.1) is 0 Å². The molecular formula is C25H24F7NO5S. The van der Waals surface area contributed by atoms with E-state index in [1.807, 2.05) is 0 Å². The summed E-state index contributed by atoms with van der Waals surface area (Å²) in [5.74, 6) is -3.06. The molecule has 1 unspecified atom stereocenters. The van der Waals surface area contributed by atoms with Crippen molar-refractivity contribution in [3.05, 3.63) is 65.5 Å². The molecule has 2 aromatic rings. The van der Waals surface area contributed by atoms with Crippen LogP contribution < -0.4 is 9.47 Å². The van der Waals surface area contributed by atoms with Crippen molar-refractivity contribution in [3.8, 4) is 11.5 Å². The fourth-order valence-electron chi connectivity index (χ4n) is 4.31. The summed E-state index contributed by atoms with van der Waals surface area (Å²) in [6.07, 6.45) is -11.6. The lowest BCUT2D eigenvalue weighted by molar-refractivity contribution is -0.222. The Morgan fingerprint density at radius 2 is 1.59 bits per heavy atom. The molecule has 6 nitrogen and oxygen atoms in total. The Bertz CT molecular complexity index is 1340. The molecule has 1 aliphatic heterocycles. The van der Waals surface area contributed by atoms with Crippen LogP contribution in [0.1, 0.15) is 37.3 Å². The quantitative estimate of drug-likeness (QED) is 0.268. The molecular weight excluding hydrogens is 559 g/mol. The SMILES string of the molecule is CCOc1ccc(C2=CC(=O)N(S(C)(=O)=O)C(c3ccc(OCCCC(F)(F)F)cc3F)(C(F)(F)F)C2)cc1. The third kappa shape index (κ3) is 6.65. The molecule has 2 aromatic carbocycles. The smallest absolute Gasteiger partial charge is 0.417 e. The Morgan fingerprint density at radius 3 is 2.10 bits per heavy atom. The number of alkyl halides is 6. The zero-order chi connectivity index (χ0) is 29.2. The van der Waals surface area contributed by atoms with Crippen LogP contribution in [-0.2, 0) is 20.4 Å². The summed E-state index contributed by atoms with van der Waals surface area (Å²) >= 11 is 0. The first-order valence-corrected chi connectivity index (χ1v) is 13.4. The number of halogens is 7. The molecule has 1 aliphatic rings. The van der Waals surface area contributed by atoms with Crippen molar-refractivity contribution in [2.75, 3.05) is 19.5 Å². The van der Waals surface area contributed by atoms with Crippen LogP contribution in [-0.4, -0.2) is 50.5 Å². The molecule has 39 heavy (non-hydrogen) atoms. The van der Waals surface area contributed by atoms with Gasteiger partial charge in [0, 0.05) is 30.5 Å². The molecule has 1 amide bonds. The number of amides is 1. The van der Waals surface area contributed by atoms with Crippen LogP contribution >= 0.6 is 0 Å². The van der Waals surface area contributed by atoms with E-state index in [0.717, 1.165) is 12.1 Å². The number of hydrogen-bond donors (Lipinski definition) is 0. The van der Waals surface area contributed by atoms with Crippen molar-refractivity contribution in [1.29, 1.82) is 0 Å². The normalized spacial score (nSPS) is 18.6. The zero-order valence-electron chi connectivity index (χ0n) is 20.7. The number of hydrogen-bond acceptors (Lipinski definition) is 5. The second kappa shape index (κ2) is 11.1. The van der Waals surface area contributed by atoms with E-state index in [4.69, 9.17) is 9.47 Å². The van der Waals surface area contributed by atoms with Crippen LogP contribution in [0.25, 0.3) is 5.57 Å². The molecule has 0 fully saturated rings. The predicted octanol–water partition coefficient (Wildman–Crippen LogP) is 5.98. The number of ether oxygens (including phenoxy) is 2. The summed E-state index contributed by atoms with van der Waals surface area (Å²) in [6.45, 7) is 1.55. The Labute approximate surface area is 220 Å². The minimum atomic E-state index is -5.49. The van der Waals surface area contributed by atoms with Gasteiger partial charge in [0.05, 0.1) is 19.5 Å². The maximum Gasteiger partial charge on any atom is 0.417 e. The molecule has 0 radical (unpaired) electrons. The van der Waals surface area contributed by atoms with E-state index in [0.29, 0.717) is 30.7 Å². The van der Waals surface area contributed by atoms with E-state index < -0.39 is 71.1 Å². The Kier molecular flexibility index (Phi) is 8.58. The molecule has 0 bridgehead atoms. The lowest BCUT2D eigenvalue weighted by atomic mass is 9.78. The average Bonchev–Trinajstić information content (AvgIpc) is 2.80. The first kappa shape index (κ1) is 30.3. The van der Waals surface area contributed by atoms with Gasteiger partial charge >= 0.3 is 12.4 Å². The fourth-order valence-corrected chi connectivity index (χ4v) is 5.53. The topological polar surface area (TPSA) is 72.9 Å². The Hall–Kier alpha value is -3.29. The molecule has 3 rings (SSSR count). The largest absolute Gasteiger partial charge is 0.494 e. The molecule has 1 heterocycles. The van der Waals surface area contributed by atoms with Crippen molar-refractivity contribution in [2.45, 2.75) is 44.1 Å². The Morgan fingerprint density at radius 1 is 0.974 bits per heavy atom. The molecule has 0 N–H and O–H groups in total. The monoisotopic (exact) mass is 583 g/mol. The van der Waals surface area contributed by atoms with Gasteiger partial charge in [-0.2, -0.15) is 26.3 Å². The highest BCUT2D eigenvalue weighted by atomic mass is 32.2. The minimum absolute atomic E-state index is 0.151. The van der Waals surface area contributed by atoms with E-state index in [-0.39, 0.29) is 21.2 Å². The number of sulfonamides is 1. The summed E-state index contributed by atoms with van der Waals surface area (Å²) in [5.41, 5.74) is -4.89. The molecule has 214 valence electrons. The van der Waals surface area contributed by atoms with E-state index >= 15 is 4.39 Å². The third-order valence-corrected chi connectivity index (χ3v) is 7.04. The molecule has 1 atom stereocenters. The highest BCUT2D eigenvalue weighted by Gasteiger charge is 2.66. The van der Waals surface area contributed by atoms with Gasteiger partial charge in [0.2, 0.25) is 10.0 Å². The molecule has 14 heteroatoms. The predicted molar refractivity (Wildman–Crippen MR) is 127 cm³/mol. The zero-order valence-corrected chi connectivity index (χ0v) is 21.5.